The monoisotopic (exact) mass is 436 g/mol. The molecule has 0 radical (unpaired) electrons. The largest absolute Gasteiger partial charge is 0.493 e. The van der Waals surface area contributed by atoms with Gasteiger partial charge in [-0.15, -0.1) is 0 Å². The molecule has 1 heterocycles. The van der Waals surface area contributed by atoms with Crippen LogP contribution in [0.4, 0.5) is 0 Å². The van der Waals surface area contributed by atoms with Gasteiger partial charge in [-0.25, -0.2) is 8.42 Å². The second-order valence-electron chi connectivity index (χ2n) is 6.98. The first kappa shape index (κ1) is 21.6. The topological polar surface area (TPSA) is 111 Å². The number of benzene rings is 2. The SMILES string of the molecule is CN(CC#N)CCCOc1ccc2c(c1)S(O)(O)CC2S(=O)(=O)c1ccccc1. The lowest BCUT2D eigenvalue weighted by Gasteiger charge is -2.27. The predicted molar refractivity (Wildman–Crippen MR) is 112 cm³/mol. The maximum atomic E-state index is 13.0. The zero-order valence-electron chi connectivity index (χ0n) is 16.1. The molecule has 1 aliphatic rings. The Morgan fingerprint density at radius 2 is 1.97 bits per heavy atom. The van der Waals surface area contributed by atoms with Crippen LogP contribution in [0.3, 0.4) is 0 Å². The van der Waals surface area contributed by atoms with Crippen LogP contribution in [0.5, 0.6) is 5.75 Å². The van der Waals surface area contributed by atoms with Crippen molar-refractivity contribution in [1.82, 2.24) is 4.90 Å². The summed E-state index contributed by atoms with van der Waals surface area (Å²) in [5.74, 6) is 0.214. The summed E-state index contributed by atoms with van der Waals surface area (Å²) in [5.41, 5.74) is 0.412. The van der Waals surface area contributed by atoms with Gasteiger partial charge in [0, 0.05) is 12.6 Å². The highest BCUT2D eigenvalue weighted by atomic mass is 32.3. The maximum Gasteiger partial charge on any atom is 0.187 e. The molecule has 0 saturated carbocycles. The fourth-order valence-corrected chi connectivity index (χ4v) is 7.74. The van der Waals surface area contributed by atoms with E-state index in [4.69, 9.17) is 10.00 Å². The highest BCUT2D eigenvalue weighted by molar-refractivity contribution is 8.25. The maximum absolute atomic E-state index is 13.0. The second kappa shape index (κ2) is 8.73. The molecule has 0 aliphatic carbocycles. The number of ether oxygens (including phenoxy) is 1. The van der Waals surface area contributed by atoms with Crippen LogP contribution in [0.15, 0.2) is 58.3 Å². The van der Waals surface area contributed by atoms with Gasteiger partial charge in [0.1, 0.15) is 11.0 Å². The third kappa shape index (κ3) is 4.74. The van der Waals surface area contributed by atoms with Gasteiger partial charge in [-0.2, -0.15) is 15.9 Å². The van der Waals surface area contributed by atoms with Gasteiger partial charge >= 0.3 is 0 Å². The van der Waals surface area contributed by atoms with Crippen molar-refractivity contribution in [3.8, 4) is 11.8 Å². The third-order valence-electron chi connectivity index (χ3n) is 4.81. The van der Waals surface area contributed by atoms with Crippen molar-refractivity contribution >= 4 is 20.4 Å². The molecular weight excluding hydrogens is 412 g/mol. The van der Waals surface area contributed by atoms with Crippen LogP contribution in [0, 0.1) is 11.3 Å². The summed E-state index contributed by atoms with van der Waals surface area (Å²) in [6, 6.07) is 14.9. The number of nitrogens with zero attached hydrogens (tertiary/aromatic N) is 2. The molecule has 0 spiro atoms. The van der Waals surface area contributed by atoms with Gasteiger partial charge in [0.2, 0.25) is 0 Å². The van der Waals surface area contributed by atoms with E-state index in [0.717, 1.165) is 0 Å². The molecule has 1 aliphatic heterocycles. The smallest absolute Gasteiger partial charge is 0.187 e. The Bertz CT molecular complexity index is 1000. The number of fused-ring (bicyclic) bond motifs is 1. The highest BCUT2D eigenvalue weighted by Gasteiger charge is 2.43. The Kier molecular flexibility index (Phi) is 6.51. The van der Waals surface area contributed by atoms with Crippen molar-refractivity contribution in [3.63, 3.8) is 0 Å². The lowest BCUT2D eigenvalue weighted by atomic mass is 10.1. The van der Waals surface area contributed by atoms with Gasteiger partial charge in [-0.1, -0.05) is 24.3 Å². The first-order chi connectivity index (χ1) is 13.8. The van der Waals surface area contributed by atoms with Gasteiger partial charge in [0.15, 0.2) is 9.84 Å². The van der Waals surface area contributed by atoms with Crippen LogP contribution >= 0.6 is 10.6 Å². The quantitative estimate of drug-likeness (QED) is 0.481. The molecule has 0 saturated heterocycles. The molecule has 0 bridgehead atoms. The molecule has 1 atom stereocenters. The molecule has 9 heteroatoms. The van der Waals surface area contributed by atoms with Crippen molar-refractivity contribution in [2.24, 2.45) is 0 Å². The first-order valence-electron chi connectivity index (χ1n) is 9.13. The Morgan fingerprint density at radius 1 is 1.24 bits per heavy atom. The molecule has 2 N–H and O–H groups in total. The minimum atomic E-state index is -3.74. The summed E-state index contributed by atoms with van der Waals surface area (Å²) in [4.78, 5) is 2.28. The molecule has 1 unspecified atom stereocenters. The van der Waals surface area contributed by atoms with E-state index >= 15 is 0 Å². The molecule has 2 aromatic rings. The van der Waals surface area contributed by atoms with Crippen LogP contribution in [0.25, 0.3) is 0 Å². The zero-order chi connectivity index (χ0) is 21.1. The van der Waals surface area contributed by atoms with Gasteiger partial charge in [-0.3, -0.25) is 14.0 Å². The van der Waals surface area contributed by atoms with E-state index in [9.17, 15) is 17.5 Å². The number of rotatable bonds is 8. The summed E-state index contributed by atoms with van der Waals surface area (Å²) in [6.07, 6.45) is 0.705. The van der Waals surface area contributed by atoms with Crippen LogP contribution in [0.1, 0.15) is 17.2 Å². The Balaban J connectivity index is 1.77. The lowest BCUT2D eigenvalue weighted by Crippen LogP contribution is -2.21. The fraction of sp³-hybridized carbons (Fsp3) is 0.350. The van der Waals surface area contributed by atoms with E-state index in [0.29, 0.717) is 37.4 Å². The van der Waals surface area contributed by atoms with Crippen LogP contribution in [-0.2, 0) is 9.84 Å². The Morgan fingerprint density at radius 3 is 2.66 bits per heavy atom. The van der Waals surface area contributed by atoms with E-state index in [1.165, 1.54) is 18.2 Å². The number of hydrogen-bond acceptors (Lipinski definition) is 7. The molecular formula is C20H24N2O5S2. The van der Waals surface area contributed by atoms with Crippen molar-refractivity contribution in [2.45, 2.75) is 21.5 Å². The molecule has 0 fully saturated rings. The van der Waals surface area contributed by atoms with E-state index in [-0.39, 0.29) is 15.5 Å². The van der Waals surface area contributed by atoms with Gasteiger partial charge < -0.3 is 4.74 Å². The fourth-order valence-electron chi connectivity index (χ4n) is 3.30. The predicted octanol–water partition coefficient (Wildman–Crippen LogP) is 3.55. The molecule has 0 amide bonds. The van der Waals surface area contributed by atoms with E-state index in [1.807, 2.05) is 11.9 Å². The van der Waals surface area contributed by atoms with E-state index < -0.39 is 25.7 Å². The van der Waals surface area contributed by atoms with E-state index in [2.05, 4.69) is 6.07 Å². The molecule has 156 valence electrons. The lowest BCUT2D eigenvalue weighted by molar-refractivity contribution is 0.273. The number of hydrogen-bond donors (Lipinski definition) is 2. The van der Waals surface area contributed by atoms with Crippen LogP contribution < -0.4 is 4.74 Å². The zero-order valence-corrected chi connectivity index (χ0v) is 17.7. The summed E-state index contributed by atoms with van der Waals surface area (Å²) in [7, 11) is -5.12. The molecule has 3 rings (SSSR count). The molecule has 2 aromatic carbocycles. The molecule has 0 aromatic heterocycles. The van der Waals surface area contributed by atoms with Crippen molar-refractivity contribution in [2.75, 3.05) is 32.5 Å². The first-order valence-corrected chi connectivity index (χ1v) is 12.4. The Labute approximate surface area is 172 Å². The second-order valence-corrected chi connectivity index (χ2v) is 11.2. The summed E-state index contributed by atoms with van der Waals surface area (Å²) < 4.78 is 52.8. The van der Waals surface area contributed by atoms with Crippen LogP contribution in [-0.4, -0.2) is 54.9 Å². The van der Waals surface area contributed by atoms with Gasteiger partial charge in [0.05, 0.1) is 34.8 Å². The normalized spacial score (nSPS) is 18.8. The summed E-state index contributed by atoms with van der Waals surface area (Å²) >= 11 is 0. The van der Waals surface area contributed by atoms with Crippen molar-refractivity contribution in [1.29, 1.82) is 5.26 Å². The third-order valence-corrected chi connectivity index (χ3v) is 8.97. The number of nitriles is 1. The Hall–Kier alpha value is -2.09. The molecule has 29 heavy (non-hydrogen) atoms. The van der Waals surface area contributed by atoms with Crippen LogP contribution in [0.2, 0.25) is 0 Å². The van der Waals surface area contributed by atoms with Gasteiger partial charge in [0.25, 0.3) is 0 Å². The van der Waals surface area contributed by atoms with Crippen molar-refractivity contribution < 1.29 is 22.3 Å². The average molecular weight is 437 g/mol. The summed E-state index contributed by atoms with van der Waals surface area (Å²) in [5, 5.41) is 7.65. The van der Waals surface area contributed by atoms with Gasteiger partial charge in [-0.05, 0) is 37.2 Å². The van der Waals surface area contributed by atoms with Crippen molar-refractivity contribution in [3.05, 3.63) is 54.1 Å². The van der Waals surface area contributed by atoms with E-state index in [1.54, 1.807) is 30.3 Å². The minimum absolute atomic E-state index is 0.162. The minimum Gasteiger partial charge on any atom is -0.493 e. The highest BCUT2D eigenvalue weighted by Crippen LogP contribution is 2.61. The summed E-state index contributed by atoms with van der Waals surface area (Å²) in [6.45, 7) is 1.45. The standard InChI is InChI=1S/C20H24N2O5S2/c1-22(12-10-21)11-5-13-27-16-8-9-18-19(14-16)28(23,24)15-20(18)29(25,26)17-6-3-2-4-7-17/h2-4,6-9,14,20,23-24H,5,11-13,15H2,1H3. The number of sulfone groups is 1. The molecule has 7 nitrogen and oxygen atoms in total. The average Bonchev–Trinajstić information content (AvgIpc) is 2.97.